The predicted octanol–water partition coefficient (Wildman–Crippen LogP) is 2.81. The number of anilines is 1. The van der Waals surface area contributed by atoms with E-state index in [1.54, 1.807) is 0 Å². The molecule has 0 radical (unpaired) electrons. The van der Waals surface area contributed by atoms with Gasteiger partial charge in [0, 0.05) is 5.69 Å². The summed E-state index contributed by atoms with van der Waals surface area (Å²) in [6.45, 7) is 7.30. The third kappa shape index (κ3) is 2.91. The summed E-state index contributed by atoms with van der Waals surface area (Å²) in [6, 6.07) is 6.27. The maximum atomic E-state index is 12.1. The highest BCUT2D eigenvalue weighted by Gasteiger charge is 2.22. The highest BCUT2D eigenvalue weighted by atomic mass is 16.2. The van der Waals surface area contributed by atoms with E-state index >= 15 is 0 Å². The number of aryl methyl sites for hydroxylation is 1. The molecule has 2 rings (SSSR count). The number of nitrogens with one attached hydrogen (secondary N) is 2. The average Bonchev–Trinajstić information content (AvgIpc) is 2.85. The highest BCUT2D eigenvalue weighted by Crippen LogP contribution is 2.22. The van der Waals surface area contributed by atoms with E-state index < -0.39 is 0 Å². The standard InChI is InChI=1S/C15H22N2O/c1-10(2)12-7-6-11(3)14(9-12)17-15(18)13-5-4-8-16-13/h6-7,9-10,13,16H,4-5,8H2,1-3H3,(H,17,18). The first-order valence-electron chi connectivity index (χ1n) is 6.72. The molecule has 0 aromatic heterocycles. The van der Waals surface area contributed by atoms with Gasteiger partial charge in [-0.15, -0.1) is 0 Å². The molecule has 1 aromatic carbocycles. The lowest BCUT2D eigenvalue weighted by Crippen LogP contribution is -2.35. The lowest BCUT2D eigenvalue weighted by molar-refractivity contribution is -0.117. The fourth-order valence-corrected chi connectivity index (χ4v) is 2.26. The molecule has 1 aromatic rings. The molecule has 0 bridgehead atoms. The smallest absolute Gasteiger partial charge is 0.241 e. The van der Waals surface area contributed by atoms with Crippen LogP contribution < -0.4 is 10.6 Å². The van der Waals surface area contributed by atoms with Crippen LogP contribution in [0.5, 0.6) is 0 Å². The van der Waals surface area contributed by atoms with Gasteiger partial charge in [0.15, 0.2) is 0 Å². The van der Waals surface area contributed by atoms with E-state index in [0.29, 0.717) is 5.92 Å². The first-order chi connectivity index (χ1) is 8.58. The van der Waals surface area contributed by atoms with Crippen LogP contribution in [0.1, 0.15) is 43.7 Å². The van der Waals surface area contributed by atoms with Gasteiger partial charge in [-0.1, -0.05) is 26.0 Å². The van der Waals surface area contributed by atoms with E-state index in [4.69, 9.17) is 0 Å². The van der Waals surface area contributed by atoms with Crippen LogP contribution in [0.3, 0.4) is 0 Å². The summed E-state index contributed by atoms with van der Waals surface area (Å²) in [4.78, 5) is 12.1. The van der Waals surface area contributed by atoms with Crippen molar-refractivity contribution < 1.29 is 4.79 Å². The number of benzene rings is 1. The summed E-state index contributed by atoms with van der Waals surface area (Å²) in [5, 5.41) is 6.27. The maximum Gasteiger partial charge on any atom is 0.241 e. The Hall–Kier alpha value is -1.35. The van der Waals surface area contributed by atoms with Crippen LogP contribution in [0.15, 0.2) is 18.2 Å². The zero-order chi connectivity index (χ0) is 13.1. The molecule has 1 aliphatic rings. The fourth-order valence-electron chi connectivity index (χ4n) is 2.26. The van der Waals surface area contributed by atoms with E-state index in [9.17, 15) is 4.79 Å². The second kappa shape index (κ2) is 5.53. The van der Waals surface area contributed by atoms with Crippen molar-refractivity contribution in [3.05, 3.63) is 29.3 Å². The van der Waals surface area contributed by atoms with Gasteiger partial charge in [-0.05, 0) is 49.4 Å². The number of carbonyl (C=O) groups is 1. The molecule has 1 fully saturated rings. The Morgan fingerprint density at radius 3 is 2.83 bits per heavy atom. The predicted molar refractivity (Wildman–Crippen MR) is 74.9 cm³/mol. The van der Waals surface area contributed by atoms with Crippen LogP contribution in [0.4, 0.5) is 5.69 Å². The van der Waals surface area contributed by atoms with Crippen molar-refractivity contribution in [1.29, 1.82) is 0 Å². The molecule has 1 atom stereocenters. The third-order valence-corrected chi connectivity index (χ3v) is 3.56. The Bertz CT molecular complexity index is 434. The Kier molecular flexibility index (Phi) is 4.02. The van der Waals surface area contributed by atoms with Crippen molar-refractivity contribution >= 4 is 11.6 Å². The molecule has 1 unspecified atom stereocenters. The second-order valence-corrected chi connectivity index (χ2v) is 5.37. The van der Waals surface area contributed by atoms with Crippen molar-refractivity contribution in [1.82, 2.24) is 5.32 Å². The molecule has 0 aliphatic carbocycles. The van der Waals surface area contributed by atoms with Gasteiger partial charge in [0.2, 0.25) is 5.91 Å². The summed E-state index contributed by atoms with van der Waals surface area (Å²) >= 11 is 0. The van der Waals surface area contributed by atoms with Crippen LogP contribution in [-0.4, -0.2) is 18.5 Å². The summed E-state index contributed by atoms with van der Waals surface area (Å²) in [7, 11) is 0. The minimum Gasteiger partial charge on any atom is -0.324 e. The summed E-state index contributed by atoms with van der Waals surface area (Å²) in [6.07, 6.45) is 2.03. The highest BCUT2D eigenvalue weighted by molar-refractivity contribution is 5.95. The van der Waals surface area contributed by atoms with E-state index in [2.05, 4.69) is 42.7 Å². The van der Waals surface area contributed by atoms with Crippen LogP contribution in [0.2, 0.25) is 0 Å². The summed E-state index contributed by atoms with van der Waals surface area (Å²) in [5.74, 6) is 0.572. The zero-order valence-corrected chi connectivity index (χ0v) is 11.4. The molecule has 0 spiro atoms. The van der Waals surface area contributed by atoms with Gasteiger partial charge in [0.05, 0.1) is 6.04 Å². The number of amides is 1. The lowest BCUT2D eigenvalue weighted by atomic mass is 10.0. The minimum absolute atomic E-state index is 0.0212. The van der Waals surface area contributed by atoms with Gasteiger partial charge in [-0.25, -0.2) is 0 Å². The zero-order valence-electron chi connectivity index (χ0n) is 11.4. The molecule has 98 valence electrons. The molecule has 3 heteroatoms. The lowest BCUT2D eigenvalue weighted by Gasteiger charge is -2.15. The Morgan fingerprint density at radius 1 is 1.44 bits per heavy atom. The quantitative estimate of drug-likeness (QED) is 0.861. The molecule has 3 nitrogen and oxygen atoms in total. The molecule has 1 saturated heterocycles. The first kappa shape index (κ1) is 13.1. The number of hydrogen-bond acceptors (Lipinski definition) is 2. The van der Waals surface area contributed by atoms with Crippen molar-refractivity contribution in [2.45, 2.75) is 45.6 Å². The molecule has 0 saturated carbocycles. The SMILES string of the molecule is Cc1ccc(C(C)C)cc1NC(=O)C1CCCN1. The van der Waals surface area contributed by atoms with Crippen molar-refractivity contribution in [2.75, 3.05) is 11.9 Å². The normalized spacial score (nSPS) is 19.2. The maximum absolute atomic E-state index is 12.1. The Morgan fingerprint density at radius 2 is 2.22 bits per heavy atom. The molecule has 1 heterocycles. The van der Waals surface area contributed by atoms with E-state index in [1.165, 1.54) is 5.56 Å². The second-order valence-electron chi connectivity index (χ2n) is 5.37. The minimum atomic E-state index is -0.0212. The van der Waals surface area contributed by atoms with E-state index in [-0.39, 0.29) is 11.9 Å². The molecule has 18 heavy (non-hydrogen) atoms. The Labute approximate surface area is 109 Å². The van der Waals surface area contributed by atoms with Gasteiger partial charge >= 0.3 is 0 Å². The monoisotopic (exact) mass is 246 g/mol. The van der Waals surface area contributed by atoms with Crippen molar-refractivity contribution in [2.24, 2.45) is 0 Å². The molecular weight excluding hydrogens is 224 g/mol. The van der Waals surface area contributed by atoms with E-state index in [0.717, 1.165) is 30.6 Å². The number of carbonyl (C=O) groups excluding carboxylic acids is 1. The molecule has 1 amide bonds. The Balaban J connectivity index is 2.12. The van der Waals surface area contributed by atoms with Crippen LogP contribution in [0.25, 0.3) is 0 Å². The van der Waals surface area contributed by atoms with E-state index in [1.807, 2.05) is 6.92 Å². The largest absolute Gasteiger partial charge is 0.324 e. The molecular formula is C15H22N2O. The van der Waals surface area contributed by atoms with Gasteiger partial charge in [0.1, 0.15) is 0 Å². The summed E-state index contributed by atoms with van der Waals surface area (Å²) in [5.41, 5.74) is 3.32. The van der Waals surface area contributed by atoms with Crippen LogP contribution >= 0.6 is 0 Å². The molecule has 2 N–H and O–H groups in total. The van der Waals surface area contributed by atoms with Crippen molar-refractivity contribution in [3.8, 4) is 0 Å². The third-order valence-electron chi connectivity index (χ3n) is 3.56. The van der Waals surface area contributed by atoms with Crippen molar-refractivity contribution in [3.63, 3.8) is 0 Å². The van der Waals surface area contributed by atoms with Gasteiger partial charge in [0.25, 0.3) is 0 Å². The van der Waals surface area contributed by atoms with Gasteiger partial charge in [-0.2, -0.15) is 0 Å². The summed E-state index contributed by atoms with van der Waals surface area (Å²) < 4.78 is 0. The van der Waals surface area contributed by atoms with Gasteiger partial charge < -0.3 is 10.6 Å². The molecule has 1 aliphatic heterocycles. The van der Waals surface area contributed by atoms with Crippen LogP contribution in [-0.2, 0) is 4.79 Å². The van der Waals surface area contributed by atoms with Crippen LogP contribution in [0, 0.1) is 6.92 Å². The number of rotatable bonds is 3. The fraction of sp³-hybridized carbons (Fsp3) is 0.533. The number of hydrogen-bond donors (Lipinski definition) is 2. The van der Waals surface area contributed by atoms with Gasteiger partial charge in [-0.3, -0.25) is 4.79 Å². The first-order valence-corrected chi connectivity index (χ1v) is 6.72. The average molecular weight is 246 g/mol. The topological polar surface area (TPSA) is 41.1 Å².